The number of nitrogens with zero attached hydrogens (tertiary/aromatic N) is 3. The number of nitrogens with one attached hydrogen (secondary N) is 1. The number of halogens is 3. The quantitative estimate of drug-likeness (QED) is 0.211. The molecule has 4 rings (SSSR count). The maximum Gasteiger partial charge on any atom is 0.224 e. The van der Waals surface area contributed by atoms with Crippen molar-refractivity contribution < 1.29 is 9.18 Å². The summed E-state index contributed by atoms with van der Waals surface area (Å²) in [4.78, 5) is 12.2. The number of anilines is 1. The molecule has 0 bridgehead atoms. The summed E-state index contributed by atoms with van der Waals surface area (Å²) in [7, 11) is 0. The van der Waals surface area contributed by atoms with Crippen LogP contribution in [-0.4, -0.2) is 26.4 Å². The molecule has 0 fully saturated rings. The van der Waals surface area contributed by atoms with Gasteiger partial charge in [0.25, 0.3) is 0 Å². The van der Waals surface area contributed by atoms with E-state index in [0.717, 1.165) is 11.3 Å². The first-order chi connectivity index (χ1) is 16.0. The zero-order chi connectivity index (χ0) is 23.2. The fourth-order valence-corrected chi connectivity index (χ4v) is 4.35. The minimum absolute atomic E-state index is 0.182. The van der Waals surface area contributed by atoms with Gasteiger partial charge in [0.05, 0.1) is 21.4 Å². The van der Waals surface area contributed by atoms with Crippen LogP contribution >= 0.6 is 35.0 Å². The summed E-state index contributed by atoms with van der Waals surface area (Å²) in [6.45, 7) is 0. The summed E-state index contributed by atoms with van der Waals surface area (Å²) in [5, 5.41) is 12.9. The first-order valence-corrected chi connectivity index (χ1v) is 11.9. The predicted molar refractivity (Wildman–Crippen MR) is 132 cm³/mol. The number of carbonyl (C=O) groups is 1. The summed E-state index contributed by atoms with van der Waals surface area (Å²) in [5.74, 6) is 0.604. The molecule has 168 valence electrons. The molecule has 0 atom stereocenters. The van der Waals surface area contributed by atoms with Gasteiger partial charge in [-0.2, -0.15) is 0 Å². The van der Waals surface area contributed by atoms with E-state index in [4.69, 9.17) is 23.2 Å². The van der Waals surface area contributed by atoms with Gasteiger partial charge in [0.15, 0.2) is 11.0 Å². The Morgan fingerprint density at radius 1 is 0.970 bits per heavy atom. The number of para-hydroxylation sites is 1. The number of aromatic nitrogens is 3. The van der Waals surface area contributed by atoms with Gasteiger partial charge < -0.3 is 5.32 Å². The lowest BCUT2D eigenvalue weighted by Crippen LogP contribution is -2.12. The van der Waals surface area contributed by atoms with Gasteiger partial charge in [-0.25, -0.2) is 4.39 Å². The fourth-order valence-electron chi connectivity index (χ4n) is 3.17. The van der Waals surface area contributed by atoms with Gasteiger partial charge in [-0.15, -0.1) is 10.2 Å². The summed E-state index contributed by atoms with van der Waals surface area (Å²) in [6, 6.07) is 21.2. The van der Waals surface area contributed by atoms with Crippen molar-refractivity contribution in [2.24, 2.45) is 0 Å². The molecule has 0 unspecified atom stereocenters. The van der Waals surface area contributed by atoms with Crippen LogP contribution in [0.5, 0.6) is 0 Å². The maximum atomic E-state index is 13.7. The predicted octanol–water partition coefficient (Wildman–Crippen LogP) is 6.89. The van der Waals surface area contributed by atoms with E-state index >= 15 is 0 Å². The summed E-state index contributed by atoms with van der Waals surface area (Å²) in [6.07, 6.45) is 0.841. The highest BCUT2D eigenvalue weighted by Gasteiger charge is 2.17. The molecule has 1 N–H and O–H groups in total. The van der Waals surface area contributed by atoms with Gasteiger partial charge in [-0.1, -0.05) is 77.4 Å². The van der Waals surface area contributed by atoms with Crippen molar-refractivity contribution >= 4 is 46.6 Å². The van der Waals surface area contributed by atoms with Gasteiger partial charge >= 0.3 is 0 Å². The van der Waals surface area contributed by atoms with Crippen molar-refractivity contribution in [3.63, 3.8) is 0 Å². The number of thioether (sulfide) groups is 1. The molecule has 0 saturated carbocycles. The van der Waals surface area contributed by atoms with Crippen molar-refractivity contribution in [2.75, 3.05) is 11.1 Å². The van der Waals surface area contributed by atoms with Crippen LogP contribution in [0.15, 0.2) is 78.0 Å². The number of amides is 1. The Labute approximate surface area is 204 Å². The van der Waals surface area contributed by atoms with E-state index in [-0.39, 0.29) is 18.0 Å². The third-order valence-electron chi connectivity index (χ3n) is 4.75. The molecule has 9 heteroatoms. The Kier molecular flexibility index (Phi) is 7.65. The Hall–Kier alpha value is -2.87. The third kappa shape index (κ3) is 5.74. The third-order valence-corrected chi connectivity index (χ3v) is 6.51. The van der Waals surface area contributed by atoms with Crippen molar-refractivity contribution in [2.45, 2.75) is 18.0 Å². The summed E-state index contributed by atoms with van der Waals surface area (Å²) >= 11 is 13.8. The van der Waals surface area contributed by atoms with Gasteiger partial charge in [-0.05, 0) is 36.8 Å². The highest BCUT2D eigenvalue weighted by Crippen LogP contribution is 2.31. The highest BCUT2D eigenvalue weighted by atomic mass is 35.5. The van der Waals surface area contributed by atoms with Crippen LogP contribution in [0.1, 0.15) is 12.8 Å². The molecular formula is C24H19Cl2FN4OS. The molecule has 1 heterocycles. The van der Waals surface area contributed by atoms with Gasteiger partial charge in [0, 0.05) is 17.7 Å². The van der Waals surface area contributed by atoms with E-state index in [9.17, 15) is 9.18 Å². The lowest BCUT2D eigenvalue weighted by atomic mass is 10.2. The topological polar surface area (TPSA) is 59.8 Å². The van der Waals surface area contributed by atoms with Crippen LogP contribution in [-0.2, 0) is 4.79 Å². The van der Waals surface area contributed by atoms with Gasteiger partial charge in [0.1, 0.15) is 5.82 Å². The van der Waals surface area contributed by atoms with E-state index in [1.807, 2.05) is 41.0 Å². The standard InChI is InChI=1S/C24H19Cl2FN4OS/c25-18-13-12-17(15-19(18)26)31-23(16-7-2-1-3-8-16)29-30-24(31)33-14-6-11-22(32)28-21-10-5-4-9-20(21)27/h1-5,7-10,12-13,15H,6,11,14H2,(H,28,32). The van der Waals surface area contributed by atoms with Crippen LogP contribution in [0.25, 0.3) is 17.1 Å². The van der Waals surface area contributed by atoms with E-state index in [1.54, 1.807) is 24.3 Å². The average molecular weight is 501 g/mol. The van der Waals surface area contributed by atoms with E-state index < -0.39 is 5.82 Å². The van der Waals surface area contributed by atoms with E-state index in [2.05, 4.69) is 15.5 Å². The zero-order valence-corrected chi connectivity index (χ0v) is 19.7. The second kappa shape index (κ2) is 10.8. The molecule has 0 aliphatic heterocycles. The number of hydrogen-bond acceptors (Lipinski definition) is 4. The van der Waals surface area contributed by atoms with Crippen LogP contribution in [0, 0.1) is 5.82 Å². The van der Waals surface area contributed by atoms with Gasteiger partial charge in [-0.3, -0.25) is 9.36 Å². The van der Waals surface area contributed by atoms with Crippen LogP contribution < -0.4 is 5.32 Å². The van der Waals surface area contributed by atoms with Crippen molar-refractivity contribution in [1.29, 1.82) is 0 Å². The monoisotopic (exact) mass is 500 g/mol. The smallest absolute Gasteiger partial charge is 0.224 e. The lowest BCUT2D eigenvalue weighted by Gasteiger charge is -2.11. The molecule has 0 aliphatic rings. The molecule has 0 aliphatic carbocycles. The van der Waals surface area contributed by atoms with Crippen molar-refractivity contribution in [3.05, 3.63) is 88.7 Å². The normalized spacial score (nSPS) is 10.9. The first-order valence-electron chi connectivity index (χ1n) is 10.2. The molecule has 1 aromatic heterocycles. The first kappa shape index (κ1) is 23.3. The van der Waals surface area contributed by atoms with Crippen LogP contribution in [0.2, 0.25) is 10.0 Å². The Balaban J connectivity index is 1.47. The fraction of sp³-hybridized carbons (Fsp3) is 0.125. The zero-order valence-electron chi connectivity index (χ0n) is 17.3. The molecule has 5 nitrogen and oxygen atoms in total. The average Bonchev–Trinajstić information content (AvgIpc) is 3.24. The van der Waals surface area contributed by atoms with Gasteiger partial charge in [0.2, 0.25) is 5.91 Å². The van der Waals surface area contributed by atoms with Crippen LogP contribution in [0.3, 0.4) is 0 Å². The summed E-state index contributed by atoms with van der Waals surface area (Å²) in [5.41, 5.74) is 1.88. The molecule has 3 aromatic carbocycles. The summed E-state index contributed by atoms with van der Waals surface area (Å²) < 4.78 is 15.6. The number of hydrogen-bond donors (Lipinski definition) is 1. The number of carbonyl (C=O) groups excluding carboxylic acids is 1. The Bertz CT molecular complexity index is 1270. The molecule has 0 spiro atoms. The molecule has 4 aromatic rings. The van der Waals surface area contributed by atoms with E-state index in [1.165, 1.54) is 23.9 Å². The lowest BCUT2D eigenvalue weighted by molar-refractivity contribution is -0.116. The van der Waals surface area contributed by atoms with Crippen molar-refractivity contribution in [3.8, 4) is 17.1 Å². The SMILES string of the molecule is O=C(CCCSc1nnc(-c2ccccc2)n1-c1ccc(Cl)c(Cl)c1)Nc1ccccc1F. The maximum absolute atomic E-state index is 13.7. The molecule has 1 amide bonds. The second-order valence-electron chi connectivity index (χ2n) is 7.09. The Morgan fingerprint density at radius 3 is 2.48 bits per heavy atom. The molecule has 0 saturated heterocycles. The minimum atomic E-state index is -0.455. The number of rotatable bonds is 8. The Morgan fingerprint density at radius 2 is 1.73 bits per heavy atom. The second-order valence-corrected chi connectivity index (χ2v) is 8.96. The van der Waals surface area contributed by atoms with Crippen molar-refractivity contribution in [1.82, 2.24) is 14.8 Å². The molecular weight excluding hydrogens is 482 g/mol. The largest absolute Gasteiger partial charge is 0.324 e. The molecule has 0 radical (unpaired) electrons. The number of benzene rings is 3. The van der Waals surface area contributed by atoms with Crippen LogP contribution in [0.4, 0.5) is 10.1 Å². The minimum Gasteiger partial charge on any atom is -0.324 e. The van der Waals surface area contributed by atoms with E-state index in [0.29, 0.717) is 33.2 Å². The molecule has 33 heavy (non-hydrogen) atoms. The highest BCUT2D eigenvalue weighted by molar-refractivity contribution is 7.99.